The number of nitriles is 1. The van der Waals surface area contributed by atoms with Gasteiger partial charge in [0.15, 0.2) is 0 Å². The maximum Gasteiger partial charge on any atom is 0.246 e. The molecule has 31 heavy (non-hydrogen) atoms. The van der Waals surface area contributed by atoms with E-state index in [9.17, 15) is 9.59 Å². The summed E-state index contributed by atoms with van der Waals surface area (Å²) >= 11 is 0. The minimum absolute atomic E-state index is 0.0529. The Morgan fingerprint density at radius 3 is 2.65 bits per heavy atom. The summed E-state index contributed by atoms with van der Waals surface area (Å²) in [6, 6.07) is 15.2. The van der Waals surface area contributed by atoms with Crippen molar-refractivity contribution in [3.8, 4) is 11.8 Å². The molecule has 1 atom stereocenters. The van der Waals surface area contributed by atoms with Gasteiger partial charge in [-0.2, -0.15) is 5.26 Å². The van der Waals surface area contributed by atoms with Crippen LogP contribution in [0.3, 0.4) is 0 Å². The van der Waals surface area contributed by atoms with Crippen molar-refractivity contribution in [2.75, 3.05) is 6.54 Å². The number of hydrogen-bond donors (Lipinski definition) is 0. The van der Waals surface area contributed by atoms with Crippen LogP contribution in [0, 0.1) is 11.3 Å². The molecule has 158 valence electrons. The van der Waals surface area contributed by atoms with E-state index in [2.05, 4.69) is 18.2 Å². The molecule has 0 radical (unpaired) electrons. The average Bonchev–Trinajstić information content (AvgIpc) is 3.34. The van der Waals surface area contributed by atoms with E-state index in [0.717, 1.165) is 42.4 Å². The van der Waals surface area contributed by atoms with Gasteiger partial charge >= 0.3 is 0 Å². The van der Waals surface area contributed by atoms with E-state index < -0.39 is 0 Å². The Morgan fingerprint density at radius 1 is 1.00 bits per heavy atom. The number of piperazine rings is 1. The predicted octanol–water partition coefficient (Wildman–Crippen LogP) is 3.18. The van der Waals surface area contributed by atoms with Crippen LogP contribution in [0.15, 0.2) is 42.5 Å². The zero-order chi connectivity index (χ0) is 21.4. The van der Waals surface area contributed by atoms with Crippen molar-refractivity contribution < 1.29 is 14.3 Å². The van der Waals surface area contributed by atoms with Crippen molar-refractivity contribution in [3.63, 3.8) is 0 Å². The van der Waals surface area contributed by atoms with Crippen molar-refractivity contribution in [2.45, 2.75) is 57.3 Å². The van der Waals surface area contributed by atoms with Gasteiger partial charge in [0.1, 0.15) is 24.9 Å². The van der Waals surface area contributed by atoms with Gasteiger partial charge in [-0.25, -0.2) is 0 Å². The van der Waals surface area contributed by atoms with Crippen LogP contribution in [0.1, 0.15) is 47.9 Å². The third-order valence-corrected chi connectivity index (χ3v) is 6.73. The molecule has 3 aliphatic rings. The zero-order valence-electron chi connectivity index (χ0n) is 17.4. The number of amides is 2. The lowest BCUT2D eigenvalue weighted by Gasteiger charge is -2.45. The third-order valence-electron chi connectivity index (χ3n) is 6.73. The fourth-order valence-corrected chi connectivity index (χ4v) is 5.06. The van der Waals surface area contributed by atoms with E-state index in [1.165, 1.54) is 0 Å². The maximum absolute atomic E-state index is 13.2. The first-order valence-corrected chi connectivity index (χ1v) is 11.0. The van der Waals surface area contributed by atoms with Crippen LogP contribution in [0.25, 0.3) is 0 Å². The normalized spacial score (nSPS) is 20.9. The largest absolute Gasteiger partial charge is 0.489 e. The van der Waals surface area contributed by atoms with E-state index >= 15 is 0 Å². The number of nitrogens with zero attached hydrogens (tertiary/aromatic N) is 3. The molecule has 0 aromatic heterocycles. The highest BCUT2D eigenvalue weighted by molar-refractivity contribution is 5.95. The Kier molecular flexibility index (Phi) is 5.11. The standard InChI is InChI=1S/C25H25N3O3/c26-13-17-4-3-7-22(11-17)31-16-18-8-9-19-12-23-25(30)27(21-5-1-2-6-21)15-24(29)28(23)14-20(19)10-18/h3-4,7-11,21,23H,1-2,5-6,12,14-16H2/t23-/m1/s1. The molecule has 0 bridgehead atoms. The van der Waals surface area contributed by atoms with Gasteiger partial charge in [0.05, 0.1) is 11.6 Å². The molecule has 0 spiro atoms. The monoisotopic (exact) mass is 415 g/mol. The van der Waals surface area contributed by atoms with Gasteiger partial charge in [-0.3, -0.25) is 9.59 Å². The Morgan fingerprint density at radius 2 is 1.84 bits per heavy atom. The quantitative estimate of drug-likeness (QED) is 0.769. The fourth-order valence-electron chi connectivity index (χ4n) is 5.06. The summed E-state index contributed by atoms with van der Waals surface area (Å²) in [5.41, 5.74) is 3.78. The Bertz CT molecular complexity index is 1070. The highest BCUT2D eigenvalue weighted by atomic mass is 16.5. The zero-order valence-corrected chi connectivity index (χ0v) is 17.4. The van der Waals surface area contributed by atoms with Crippen LogP contribution < -0.4 is 4.74 Å². The van der Waals surface area contributed by atoms with Crippen LogP contribution in [-0.4, -0.2) is 40.2 Å². The van der Waals surface area contributed by atoms with Crippen LogP contribution in [0.4, 0.5) is 0 Å². The summed E-state index contributed by atoms with van der Waals surface area (Å²) < 4.78 is 5.85. The van der Waals surface area contributed by atoms with Crippen molar-refractivity contribution in [1.29, 1.82) is 5.26 Å². The molecule has 2 heterocycles. The van der Waals surface area contributed by atoms with Gasteiger partial charge in [-0.15, -0.1) is 0 Å². The molecular formula is C25H25N3O3. The summed E-state index contributed by atoms with van der Waals surface area (Å²) in [5, 5.41) is 9.03. The number of hydrogen-bond acceptors (Lipinski definition) is 4. The lowest BCUT2D eigenvalue weighted by atomic mass is 9.90. The maximum atomic E-state index is 13.2. The number of benzene rings is 2. The summed E-state index contributed by atoms with van der Waals surface area (Å²) in [6.45, 7) is 1.07. The van der Waals surface area contributed by atoms with Gasteiger partial charge < -0.3 is 14.5 Å². The average molecular weight is 415 g/mol. The van der Waals surface area contributed by atoms with Crippen molar-refractivity contribution >= 4 is 11.8 Å². The molecule has 2 fully saturated rings. The molecule has 5 rings (SSSR count). The summed E-state index contributed by atoms with van der Waals surface area (Å²) in [7, 11) is 0. The molecule has 1 aliphatic carbocycles. The number of fused-ring (bicyclic) bond motifs is 2. The van der Waals surface area contributed by atoms with Gasteiger partial charge in [0, 0.05) is 19.0 Å². The minimum Gasteiger partial charge on any atom is -0.489 e. The topological polar surface area (TPSA) is 73.6 Å². The number of carbonyl (C=O) groups is 2. The lowest BCUT2D eigenvalue weighted by molar-refractivity contribution is -0.159. The van der Waals surface area contributed by atoms with E-state index in [0.29, 0.717) is 30.9 Å². The van der Waals surface area contributed by atoms with Crippen LogP contribution in [0.2, 0.25) is 0 Å². The summed E-state index contributed by atoms with van der Waals surface area (Å²) in [4.78, 5) is 29.7. The molecule has 2 aromatic rings. The summed E-state index contributed by atoms with van der Waals surface area (Å²) in [5.74, 6) is 0.819. The van der Waals surface area contributed by atoms with Crippen molar-refractivity contribution in [2.24, 2.45) is 0 Å². The second-order valence-corrected chi connectivity index (χ2v) is 8.68. The molecule has 1 saturated carbocycles. The molecule has 2 amide bonds. The van der Waals surface area contributed by atoms with Crippen molar-refractivity contribution in [3.05, 3.63) is 64.7 Å². The van der Waals surface area contributed by atoms with Crippen LogP contribution in [0.5, 0.6) is 5.75 Å². The Balaban J connectivity index is 1.31. The van der Waals surface area contributed by atoms with E-state index in [1.54, 1.807) is 23.1 Å². The summed E-state index contributed by atoms with van der Waals surface area (Å²) in [6.07, 6.45) is 4.90. The van der Waals surface area contributed by atoms with Gasteiger partial charge in [0.2, 0.25) is 11.8 Å². The first-order chi connectivity index (χ1) is 15.1. The molecule has 0 N–H and O–H groups in total. The molecular weight excluding hydrogens is 390 g/mol. The number of rotatable bonds is 4. The molecule has 0 unspecified atom stereocenters. The van der Waals surface area contributed by atoms with Gasteiger partial charge in [-0.1, -0.05) is 37.1 Å². The minimum atomic E-state index is -0.370. The first-order valence-electron chi connectivity index (χ1n) is 11.0. The van der Waals surface area contributed by atoms with Crippen molar-refractivity contribution in [1.82, 2.24) is 9.80 Å². The lowest BCUT2D eigenvalue weighted by Crippen LogP contribution is -2.63. The molecule has 6 nitrogen and oxygen atoms in total. The Labute approximate surface area is 182 Å². The van der Waals surface area contributed by atoms with Crippen LogP contribution >= 0.6 is 0 Å². The van der Waals surface area contributed by atoms with Gasteiger partial charge in [0.25, 0.3) is 0 Å². The highest BCUT2D eigenvalue weighted by Gasteiger charge is 2.44. The second-order valence-electron chi connectivity index (χ2n) is 8.68. The SMILES string of the molecule is N#Cc1cccc(OCc2ccc3c(c2)CN2C(=O)CN(C4CCCC4)C(=O)[C@H]2C3)c1. The van der Waals surface area contributed by atoms with Crippen LogP contribution in [-0.2, 0) is 29.2 Å². The molecule has 2 aliphatic heterocycles. The number of ether oxygens (including phenoxy) is 1. The molecule has 6 heteroatoms. The highest BCUT2D eigenvalue weighted by Crippen LogP contribution is 2.32. The van der Waals surface area contributed by atoms with E-state index in [4.69, 9.17) is 10.00 Å². The van der Waals surface area contributed by atoms with E-state index in [1.807, 2.05) is 17.0 Å². The third kappa shape index (κ3) is 3.76. The Hall–Kier alpha value is -3.33. The first kappa shape index (κ1) is 19.6. The predicted molar refractivity (Wildman–Crippen MR) is 114 cm³/mol. The van der Waals surface area contributed by atoms with E-state index in [-0.39, 0.29) is 30.4 Å². The molecule has 1 saturated heterocycles. The second kappa shape index (κ2) is 8.07. The van der Waals surface area contributed by atoms with Gasteiger partial charge in [-0.05, 0) is 47.7 Å². The smallest absolute Gasteiger partial charge is 0.246 e. The number of carbonyl (C=O) groups excluding carboxylic acids is 2. The molecule has 2 aromatic carbocycles. The fraction of sp³-hybridized carbons (Fsp3) is 0.400.